The molecule has 0 bridgehead atoms. The second-order valence-corrected chi connectivity index (χ2v) is 5.56. The summed E-state index contributed by atoms with van der Waals surface area (Å²) in [7, 11) is 0. The summed E-state index contributed by atoms with van der Waals surface area (Å²) < 4.78 is 0. The van der Waals surface area contributed by atoms with Crippen LogP contribution in [0.5, 0.6) is 0 Å². The zero-order valence-corrected chi connectivity index (χ0v) is 11.5. The van der Waals surface area contributed by atoms with Crippen molar-refractivity contribution < 1.29 is 5.11 Å². The highest BCUT2D eigenvalue weighted by Crippen LogP contribution is 2.29. The molecule has 0 radical (unpaired) electrons. The quantitative estimate of drug-likeness (QED) is 0.800. The van der Waals surface area contributed by atoms with Gasteiger partial charge in [-0.2, -0.15) is 0 Å². The molecule has 1 aliphatic rings. The first-order valence-electron chi connectivity index (χ1n) is 6.09. The fourth-order valence-corrected chi connectivity index (χ4v) is 2.62. The summed E-state index contributed by atoms with van der Waals surface area (Å²) in [5.41, 5.74) is 5.64. The summed E-state index contributed by atoms with van der Waals surface area (Å²) in [6.45, 7) is 0.792. The number of pyridine rings is 1. The van der Waals surface area contributed by atoms with Gasteiger partial charge in [-0.3, -0.25) is 0 Å². The lowest BCUT2D eigenvalue weighted by molar-refractivity contribution is 0.111. The Morgan fingerprint density at radius 3 is 2.61 bits per heavy atom. The van der Waals surface area contributed by atoms with E-state index in [4.69, 9.17) is 28.9 Å². The first kappa shape index (κ1) is 13.7. The molecule has 1 fully saturated rings. The van der Waals surface area contributed by atoms with Crippen LogP contribution in [0.3, 0.4) is 0 Å². The van der Waals surface area contributed by atoms with E-state index in [0.29, 0.717) is 21.8 Å². The van der Waals surface area contributed by atoms with Gasteiger partial charge in [0, 0.05) is 6.54 Å². The fraction of sp³-hybridized carbons (Fsp3) is 0.583. The van der Waals surface area contributed by atoms with E-state index in [0.717, 1.165) is 32.2 Å². The molecule has 1 aromatic rings. The maximum atomic E-state index is 9.44. The molecule has 0 atom stereocenters. The molecular weight excluding hydrogens is 273 g/mol. The van der Waals surface area contributed by atoms with Gasteiger partial charge in [-0.05, 0) is 37.7 Å². The summed E-state index contributed by atoms with van der Waals surface area (Å²) in [4.78, 5) is 4.12. The summed E-state index contributed by atoms with van der Waals surface area (Å²) in [6, 6.07) is 1.60. The number of anilines is 2. The number of nitrogens with two attached hydrogens (primary N) is 1. The highest BCUT2D eigenvalue weighted by molar-refractivity contribution is 6.37. The number of aliphatic hydroxyl groups is 1. The number of hydrogen-bond donors (Lipinski definition) is 3. The Kier molecular flexibility index (Phi) is 4.54. The van der Waals surface area contributed by atoms with Gasteiger partial charge in [0.25, 0.3) is 0 Å². The number of aromatic nitrogens is 1. The summed E-state index contributed by atoms with van der Waals surface area (Å²) in [5, 5.41) is 13.5. The van der Waals surface area contributed by atoms with Gasteiger partial charge in [0.05, 0.1) is 16.1 Å². The third-order valence-electron chi connectivity index (χ3n) is 3.33. The second-order valence-electron chi connectivity index (χ2n) is 4.74. The van der Waals surface area contributed by atoms with Crippen molar-refractivity contribution in [3.05, 3.63) is 16.1 Å². The van der Waals surface area contributed by atoms with Crippen molar-refractivity contribution in [2.45, 2.75) is 31.8 Å². The van der Waals surface area contributed by atoms with Crippen LogP contribution in [-0.2, 0) is 0 Å². The number of rotatable bonds is 3. The van der Waals surface area contributed by atoms with Crippen molar-refractivity contribution in [1.29, 1.82) is 0 Å². The van der Waals surface area contributed by atoms with Crippen LogP contribution in [0.15, 0.2) is 6.07 Å². The van der Waals surface area contributed by atoms with Crippen LogP contribution in [0, 0.1) is 5.92 Å². The number of nitrogen functional groups attached to an aromatic ring is 1. The van der Waals surface area contributed by atoms with Crippen LogP contribution >= 0.6 is 23.2 Å². The molecule has 0 spiro atoms. The lowest BCUT2D eigenvalue weighted by Gasteiger charge is -2.25. The zero-order valence-electron chi connectivity index (χ0n) is 10.00. The van der Waals surface area contributed by atoms with Crippen LogP contribution in [-0.4, -0.2) is 22.7 Å². The molecule has 0 unspecified atom stereocenters. The molecule has 1 aromatic heterocycles. The van der Waals surface area contributed by atoms with Crippen molar-refractivity contribution in [3.63, 3.8) is 0 Å². The second kappa shape index (κ2) is 5.95. The average molecular weight is 290 g/mol. The maximum absolute atomic E-state index is 9.44. The minimum Gasteiger partial charge on any atom is -0.393 e. The van der Waals surface area contributed by atoms with E-state index in [1.54, 1.807) is 6.07 Å². The lowest BCUT2D eigenvalue weighted by Crippen LogP contribution is -2.24. The van der Waals surface area contributed by atoms with Gasteiger partial charge in [-0.15, -0.1) is 0 Å². The molecule has 18 heavy (non-hydrogen) atoms. The number of aliphatic hydroxyl groups excluding tert-OH is 1. The van der Waals surface area contributed by atoms with E-state index in [1.807, 2.05) is 0 Å². The largest absolute Gasteiger partial charge is 0.393 e. The van der Waals surface area contributed by atoms with E-state index in [9.17, 15) is 5.11 Å². The Hall–Kier alpha value is -0.710. The van der Waals surface area contributed by atoms with E-state index in [-0.39, 0.29) is 11.9 Å². The van der Waals surface area contributed by atoms with Crippen LogP contribution in [0.2, 0.25) is 10.0 Å². The lowest BCUT2D eigenvalue weighted by atomic mass is 9.87. The standard InChI is InChI=1S/C12H17Cl2N3O/c13-9-5-10(14)12(17-11(9)15)16-6-7-1-3-8(18)4-2-7/h5,7-8,18H,1-4,6H2,(H3,15,16,17). The van der Waals surface area contributed by atoms with Crippen LogP contribution in [0.4, 0.5) is 11.6 Å². The molecule has 2 rings (SSSR count). The number of nitrogens with zero attached hydrogens (tertiary/aromatic N) is 1. The van der Waals surface area contributed by atoms with Gasteiger partial charge >= 0.3 is 0 Å². The number of halogens is 2. The molecule has 6 heteroatoms. The smallest absolute Gasteiger partial charge is 0.147 e. The molecule has 1 aliphatic carbocycles. The first-order chi connectivity index (χ1) is 8.56. The van der Waals surface area contributed by atoms with E-state index < -0.39 is 0 Å². The Morgan fingerprint density at radius 2 is 1.94 bits per heavy atom. The van der Waals surface area contributed by atoms with Crippen LogP contribution in [0.25, 0.3) is 0 Å². The average Bonchev–Trinajstić information content (AvgIpc) is 2.34. The van der Waals surface area contributed by atoms with Crippen LogP contribution < -0.4 is 11.1 Å². The normalized spacial score (nSPS) is 23.9. The molecule has 4 N–H and O–H groups in total. The molecule has 0 aromatic carbocycles. The minimum absolute atomic E-state index is 0.130. The van der Waals surface area contributed by atoms with Gasteiger partial charge in [0.15, 0.2) is 0 Å². The van der Waals surface area contributed by atoms with E-state index in [1.165, 1.54) is 0 Å². The Balaban J connectivity index is 1.92. The molecule has 1 heterocycles. The Bertz CT molecular complexity index is 420. The zero-order chi connectivity index (χ0) is 13.1. The van der Waals surface area contributed by atoms with Gasteiger partial charge < -0.3 is 16.2 Å². The monoisotopic (exact) mass is 289 g/mol. The third kappa shape index (κ3) is 3.40. The van der Waals surface area contributed by atoms with Gasteiger partial charge in [-0.25, -0.2) is 4.98 Å². The summed E-state index contributed by atoms with van der Waals surface area (Å²) in [5.74, 6) is 1.40. The molecule has 0 aliphatic heterocycles. The number of nitrogens with one attached hydrogen (secondary N) is 1. The van der Waals surface area contributed by atoms with E-state index >= 15 is 0 Å². The van der Waals surface area contributed by atoms with Crippen LogP contribution in [0.1, 0.15) is 25.7 Å². The predicted octanol–water partition coefficient (Wildman–Crippen LogP) is 2.93. The SMILES string of the molecule is Nc1nc(NCC2CCC(O)CC2)c(Cl)cc1Cl. The maximum Gasteiger partial charge on any atom is 0.147 e. The number of hydrogen-bond acceptors (Lipinski definition) is 4. The fourth-order valence-electron chi connectivity index (χ4n) is 2.19. The Morgan fingerprint density at radius 1 is 1.28 bits per heavy atom. The van der Waals surface area contributed by atoms with Crippen molar-refractivity contribution in [1.82, 2.24) is 4.98 Å². The minimum atomic E-state index is -0.130. The molecule has 0 saturated heterocycles. The molecule has 0 amide bonds. The Labute approximate surface area is 116 Å². The molecular formula is C12H17Cl2N3O. The molecule has 1 saturated carbocycles. The van der Waals surface area contributed by atoms with Gasteiger partial charge in [0.1, 0.15) is 11.6 Å². The van der Waals surface area contributed by atoms with Gasteiger partial charge in [-0.1, -0.05) is 23.2 Å². The highest BCUT2D eigenvalue weighted by Gasteiger charge is 2.19. The predicted molar refractivity (Wildman–Crippen MR) is 75.1 cm³/mol. The van der Waals surface area contributed by atoms with Crippen molar-refractivity contribution >= 4 is 34.8 Å². The summed E-state index contributed by atoms with van der Waals surface area (Å²) >= 11 is 11.9. The summed E-state index contributed by atoms with van der Waals surface area (Å²) in [6.07, 6.45) is 3.66. The topological polar surface area (TPSA) is 71.2 Å². The molecule has 100 valence electrons. The molecule has 4 nitrogen and oxygen atoms in total. The van der Waals surface area contributed by atoms with E-state index in [2.05, 4.69) is 10.3 Å². The van der Waals surface area contributed by atoms with Gasteiger partial charge in [0.2, 0.25) is 0 Å². The highest BCUT2D eigenvalue weighted by atomic mass is 35.5. The first-order valence-corrected chi connectivity index (χ1v) is 6.85. The van der Waals surface area contributed by atoms with Crippen molar-refractivity contribution in [2.75, 3.05) is 17.6 Å². The third-order valence-corrected chi connectivity index (χ3v) is 3.92. The van der Waals surface area contributed by atoms with Crippen molar-refractivity contribution in [3.8, 4) is 0 Å². The van der Waals surface area contributed by atoms with Crippen molar-refractivity contribution in [2.24, 2.45) is 5.92 Å².